The topological polar surface area (TPSA) is 76.3 Å². The molecule has 1 amide bonds. The monoisotopic (exact) mass is 364 g/mol. The van der Waals surface area contributed by atoms with E-state index in [1.165, 1.54) is 16.8 Å². The molecular weight excluding hydrogens is 348 g/mol. The summed E-state index contributed by atoms with van der Waals surface area (Å²) < 4.78 is 1.63. The van der Waals surface area contributed by atoms with Crippen molar-refractivity contribution in [1.82, 2.24) is 25.2 Å². The summed E-state index contributed by atoms with van der Waals surface area (Å²) in [7, 11) is 0. The maximum absolute atomic E-state index is 12.5. The van der Waals surface area contributed by atoms with E-state index in [2.05, 4.69) is 20.6 Å². The molecule has 2 aromatic carbocycles. The van der Waals surface area contributed by atoms with Crippen LogP contribution in [0.15, 0.2) is 70.9 Å². The molecule has 0 fully saturated rings. The number of hydrogen-bond donors (Lipinski definition) is 0. The summed E-state index contributed by atoms with van der Waals surface area (Å²) in [5.74, 6) is 0.183. The van der Waals surface area contributed by atoms with Crippen LogP contribution in [0.2, 0.25) is 0 Å². The number of hydrazone groups is 1. The average Bonchev–Trinajstić information content (AvgIpc) is 3.37. The minimum absolute atomic E-state index is 0.0523. The quantitative estimate of drug-likeness (QED) is 0.650. The zero-order valence-electron chi connectivity index (χ0n) is 13.9. The number of amides is 1. The Balaban J connectivity index is 1.41. The molecule has 0 radical (unpaired) electrons. The number of carbonyl (C=O) groups excluding carboxylic acids is 1. The van der Waals surface area contributed by atoms with Crippen molar-refractivity contribution < 1.29 is 4.79 Å². The molecule has 0 saturated heterocycles. The third-order valence-electron chi connectivity index (χ3n) is 3.96. The lowest BCUT2D eigenvalue weighted by molar-refractivity contribution is -0.127. The van der Waals surface area contributed by atoms with Gasteiger partial charge in [0.15, 0.2) is 0 Å². The van der Waals surface area contributed by atoms with Crippen molar-refractivity contribution in [3.05, 3.63) is 66.2 Å². The molecule has 4 rings (SSSR count). The van der Waals surface area contributed by atoms with E-state index in [0.29, 0.717) is 11.7 Å². The van der Waals surface area contributed by atoms with Crippen molar-refractivity contribution in [2.24, 2.45) is 5.10 Å². The molecule has 2 heterocycles. The normalized spacial score (nSPS) is 13.7. The largest absolute Gasteiger partial charge is 0.272 e. The maximum atomic E-state index is 12.5. The van der Waals surface area contributed by atoms with Crippen LogP contribution in [-0.4, -0.2) is 49.1 Å². The Kier molecular flexibility index (Phi) is 4.74. The lowest BCUT2D eigenvalue weighted by atomic mass is 10.1. The van der Waals surface area contributed by atoms with Crippen LogP contribution in [0.3, 0.4) is 0 Å². The Morgan fingerprint density at radius 3 is 2.54 bits per heavy atom. The predicted molar refractivity (Wildman–Crippen MR) is 99.2 cm³/mol. The molecule has 0 saturated carbocycles. The molecule has 1 aromatic heterocycles. The second-order valence-electron chi connectivity index (χ2n) is 5.68. The van der Waals surface area contributed by atoms with Crippen molar-refractivity contribution in [3.8, 4) is 5.69 Å². The van der Waals surface area contributed by atoms with Gasteiger partial charge in [-0.2, -0.15) is 9.78 Å². The highest BCUT2D eigenvalue weighted by molar-refractivity contribution is 7.99. The zero-order valence-corrected chi connectivity index (χ0v) is 14.7. The number of thioether (sulfide) groups is 1. The number of hydrogen-bond acceptors (Lipinski definition) is 6. The first-order chi connectivity index (χ1) is 12.8. The van der Waals surface area contributed by atoms with E-state index < -0.39 is 0 Å². The van der Waals surface area contributed by atoms with Gasteiger partial charge < -0.3 is 0 Å². The van der Waals surface area contributed by atoms with Crippen molar-refractivity contribution in [1.29, 1.82) is 0 Å². The van der Waals surface area contributed by atoms with E-state index in [0.717, 1.165) is 23.4 Å². The predicted octanol–water partition coefficient (Wildman–Crippen LogP) is 2.39. The number of tetrazole rings is 1. The minimum atomic E-state index is -0.0523. The molecule has 0 N–H and O–H groups in total. The molecule has 8 heteroatoms. The molecule has 26 heavy (non-hydrogen) atoms. The molecule has 1 aliphatic heterocycles. The third kappa shape index (κ3) is 3.50. The van der Waals surface area contributed by atoms with Gasteiger partial charge in [0.1, 0.15) is 0 Å². The zero-order chi connectivity index (χ0) is 17.8. The van der Waals surface area contributed by atoms with E-state index in [4.69, 9.17) is 0 Å². The highest BCUT2D eigenvalue weighted by Crippen LogP contribution is 2.20. The highest BCUT2D eigenvalue weighted by Gasteiger charge is 2.22. The summed E-state index contributed by atoms with van der Waals surface area (Å²) in [6.07, 6.45) is 0.766. The first kappa shape index (κ1) is 16.5. The van der Waals surface area contributed by atoms with Crippen molar-refractivity contribution in [2.45, 2.75) is 11.6 Å². The number of para-hydroxylation sites is 1. The molecule has 0 unspecified atom stereocenters. The van der Waals surface area contributed by atoms with Gasteiger partial charge in [0.25, 0.3) is 5.91 Å². The number of aromatic nitrogens is 4. The van der Waals surface area contributed by atoms with Crippen LogP contribution in [0, 0.1) is 0 Å². The smallest absolute Gasteiger partial charge is 0.253 e. The van der Waals surface area contributed by atoms with Gasteiger partial charge in [0.05, 0.1) is 23.7 Å². The van der Waals surface area contributed by atoms with Gasteiger partial charge in [-0.1, -0.05) is 60.3 Å². The second-order valence-corrected chi connectivity index (χ2v) is 6.62. The van der Waals surface area contributed by atoms with Gasteiger partial charge in [-0.3, -0.25) is 4.79 Å². The van der Waals surface area contributed by atoms with Crippen LogP contribution < -0.4 is 0 Å². The van der Waals surface area contributed by atoms with E-state index in [9.17, 15) is 4.79 Å². The maximum Gasteiger partial charge on any atom is 0.253 e. The molecule has 130 valence electrons. The summed E-state index contributed by atoms with van der Waals surface area (Å²) in [4.78, 5) is 12.5. The average molecular weight is 364 g/mol. The van der Waals surface area contributed by atoms with Crippen molar-refractivity contribution >= 4 is 23.4 Å². The van der Waals surface area contributed by atoms with Gasteiger partial charge in [-0.25, -0.2) is 5.01 Å². The molecule has 7 nitrogen and oxygen atoms in total. The molecule has 3 aromatic rings. The van der Waals surface area contributed by atoms with Crippen molar-refractivity contribution in [3.63, 3.8) is 0 Å². The fourth-order valence-corrected chi connectivity index (χ4v) is 3.43. The van der Waals surface area contributed by atoms with E-state index in [1.54, 1.807) is 4.68 Å². The van der Waals surface area contributed by atoms with Gasteiger partial charge in [-0.15, -0.1) is 5.10 Å². The summed E-state index contributed by atoms with van der Waals surface area (Å²) in [5.41, 5.74) is 2.86. The van der Waals surface area contributed by atoms with Crippen LogP contribution in [0.5, 0.6) is 0 Å². The Morgan fingerprint density at radius 1 is 1.04 bits per heavy atom. The lowest BCUT2D eigenvalue weighted by Crippen LogP contribution is -2.25. The third-order valence-corrected chi connectivity index (χ3v) is 4.87. The Morgan fingerprint density at radius 2 is 1.77 bits per heavy atom. The fraction of sp³-hybridized carbons (Fsp3) is 0.167. The first-order valence-corrected chi connectivity index (χ1v) is 9.20. The number of benzene rings is 2. The minimum Gasteiger partial charge on any atom is -0.272 e. The van der Waals surface area contributed by atoms with Crippen LogP contribution in [0.1, 0.15) is 12.0 Å². The molecule has 0 spiro atoms. The van der Waals surface area contributed by atoms with Crippen LogP contribution in [0.4, 0.5) is 0 Å². The molecular formula is C18H16N6OS. The van der Waals surface area contributed by atoms with Gasteiger partial charge in [0, 0.05) is 6.42 Å². The second kappa shape index (κ2) is 7.49. The lowest BCUT2D eigenvalue weighted by Gasteiger charge is -2.10. The van der Waals surface area contributed by atoms with E-state index >= 15 is 0 Å². The van der Waals surface area contributed by atoms with Crippen LogP contribution >= 0.6 is 11.8 Å². The number of nitrogens with zero attached hydrogens (tertiary/aromatic N) is 6. The molecule has 0 atom stereocenters. The molecule has 0 bridgehead atoms. The first-order valence-electron chi connectivity index (χ1n) is 8.21. The van der Waals surface area contributed by atoms with Gasteiger partial charge in [-0.05, 0) is 28.1 Å². The standard InChI is InChI=1S/C18H16N6OS/c25-17(23-12-11-16(20-23)14-7-3-1-4-8-14)13-26-18-19-21-22-24(18)15-9-5-2-6-10-15/h1-10H,11-13H2. The van der Waals surface area contributed by atoms with Crippen LogP contribution in [0.25, 0.3) is 5.69 Å². The van der Waals surface area contributed by atoms with Gasteiger partial charge >= 0.3 is 0 Å². The van der Waals surface area contributed by atoms with Crippen LogP contribution in [-0.2, 0) is 4.79 Å². The highest BCUT2D eigenvalue weighted by atomic mass is 32.2. The fourth-order valence-electron chi connectivity index (χ4n) is 2.67. The summed E-state index contributed by atoms with van der Waals surface area (Å²) in [6.45, 7) is 0.604. The number of rotatable bonds is 5. The Bertz CT molecular complexity index is 925. The SMILES string of the molecule is O=C(CSc1nnnn1-c1ccccc1)N1CCC(c2ccccc2)=N1. The Hall–Kier alpha value is -3.00. The van der Waals surface area contributed by atoms with Crippen molar-refractivity contribution in [2.75, 3.05) is 12.3 Å². The summed E-state index contributed by atoms with van der Waals surface area (Å²) in [6, 6.07) is 19.5. The summed E-state index contributed by atoms with van der Waals surface area (Å²) >= 11 is 1.31. The summed E-state index contributed by atoms with van der Waals surface area (Å²) in [5, 5.41) is 18.3. The molecule has 0 aliphatic carbocycles. The number of carbonyl (C=O) groups is 1. The van der Waals surface area contributed by atoms with Gasteiger partial charge in [0.2, 0.25) is 5.16 Å². The van der Waals surface area contributed by atoms with E-state index in [1.807, 2.05) is 60.7 Å². The van der Waals surface area contributed by atoms with E-state index in [-0.39, 0.29) is 11.7 Å². The Labute approximate surface area is 154 Å². The molecule has 1 aliphatic rings.